The van der Waals surface area contributed by atoms with E-state index < -0.39 is 0 Å². The van der Waals surface area contributed by atoms with Crippen molar-refractivity contribution in [2.24, 2.45) is 0 Å². The van der Waals surface area contributed by atoms with Gasteiger partial charge in [-0.05, 0) is 55.5 Å². The fourth-order valence-corrected chi connectivity index (χ4v) is 4.50. The van der Waals surface area contributed by atoms with Crippen molar-refractivity contribution in [1.82, 2.24) is 34.6 Å². The van der Waals surface area contributed by atoms with E-state index in [1.54, 1.807) is 26.5 Å². The van der Waals surface area contributed by atoms with Crippen molar-refractivity contribution in [2.75, 3.05) is 26.5 Å². The number of nitrogens with zero attached hydrogens (tertiary/aromatic N) is 7. The molecule has 0 atom stereocenters. The minimum Gasteiger partial charge on any atom is -0.510 e. The van der Waals surface area contributed by atoms with E-state index >= 15 is 0 Å². The number of carbonyl (C=O) groups excluding carboxylic acids is 1. The number of fused-ring (bicyclic) bond motifs is 1. The van der Waals surface area contributed by atoms with Crippen LogP contribution in [0.5, 0.6) is 5.75 Å². The summed E-state index contributed by atoms with van der Waals surface area (Å²) >= 11 is 1.26. The lowest BCUT2D eigenvalue weighted by atomic mass is 10.2. The van der Waals surface area contributed by atoms with Gasteiger partial charge in [0, 0.05) is 37.7 Å². The van der Waals surface area contributed by atoms with Gasteiger partial charge >= 0.3 is 0 Å². The largest absolute Gasteiger partial charge is 0.510 e. The molecule has 2 N–H and O–H groups in total. The number of rotatable bonds is 9. The molecule has 1 amide bonds. The maximum atomic E-state index is 10.8. The van der Waals surface area contributed by atoms with E-state index in [0.29, 0.717) is 23.4 Å². The molecule has 5 aromatic rings. The van der Waals surface area contributed by atoms with Crippen molar-refractivity contribution in [3.63, 3.8) is 0 Å². The van der Waals surface area contributed by atoms with Gasteiger partial charge in [0.2, 0.25) is 6.41 Å². The molecule has 41 heavy (non-hydrogen) atoms. The van der Waals surface area contributed by atoms with Gasteiger partial charge < -0.3 is 19.7 Å². The Labute approximate surface area is 241 Å². The minimum atomic E-state index is -0.106. The second kappa shape index (κ2) is 13.8. The van der Waals surface area contributed by atoms with Crippen molar-refractivity contribution < 1.29 is 14.6 Å². The molecule has 0 aliphatic carbocycles. The zero-order valence-electron chi connectivity index (χ0n) is 22.7. The second-order valence-corrected chi connectivity index (χ2v) is 9.65. The maximum absolute atomic E-state index is 10.8. The van der Waals surface area contributed by atoms with Crippen LogP contribution in [0.25, 0.3) is 33.7 Å². The highest BCUT2D eigenvalue weighted by molar-refractivity contribution is 7.99. The van der Waals surface area contributed by atoms with E-state index in [1.807, 2.05) is 72.2 Å². The number of thioether (sulfide) groups is 1. The lowest BCUT2D eigenvalue weighted by molar-refractivity contribution is -0.115. The van der Waals surface area contributed by atoms with Gasteiger partial charge in [-0.1, -0.05) is 23.9 Å². The first-order valence-electron chi connectivity index (χ1n) is 12.6. The molecule has 0 aliphatic rings. The van der Waals surface area contributed by atoms with Crippen molar-refractivity contribution >= 4 is 34.8 Å². The Hall–Kier alpha value is -5.15. The number of carbonyl (C=O) groups is 1. The summed E-state index contributed by atoms with van der Waals surface area (Å²) in [5.74, 6) is 1.68. The maximum Gasteiger partial charge on any atom is 0.209 e. The Morgan fingerprint density at radius 1 is 1.15 bits per heavy atom. The van der Waals surface area contributed by atoms with Crippen LogP contribution in [-0.2, 0) is 4.79 Å². The van der Waals surface area contributed by atoms with Gasteiger partial charge in [-0.15, -0.1) is 10.2 Å². The Morgan fingerprint density at radius 2 is 1.90 bits per heavy atom. The standard InChI is InChI=1S/C26H21N7O2S.C3H7NO/c1-2-35-19-11-9-18(10-12-19)33-25(17-6-5-13-28-15-17)31-32-26(33)36-16-23(34)20(14-27)24-29-21-7-3-4-8-22(21)30-24;1-4(2)3-5/h3-13,15,34H,2,16H2,1H3,(H,29,30);3H,1-2H3/b23-20-;. The molecule has 5 rings (SSSR count). The highest BCUT2D eigenvalue weighted by Crippen LogP contribution is 2.30. The van der Waals surface area contributed by atoms with E-state index in [4.69, 9.17) is 4.74 Å². The average molecular weight is 569 g/mol. The summed E-state index contributed by atoms with van der Waals surface area (Å²) in [4.78, 5) is 22.6. The van der Waals surface area contributed by atoms with Crippen LogP contribution in [0.1, 0.15) is 12.7 Å². The van der Waals surface area contributed by atoms with Crippen molar-refractivity contribution in [3.8, 4) is 28.9 Å². The summed E-state index contributed by atoms with van der Waals surface area (Å²) in [6.45, 7) is 2.51. The van der Waals surface area contributed by atoms with E-state index in [9.17, 15) is 15.2 Å². The van der Waals surface area contributed by atoms with Gasteiger partial charge in [0.1, 0.15) is 23.2 Å². The number of imidazole rings is 1. The normalized spacial score (nSPS) is 11.2. The van der Waals surface area contributed by atoms with Crippen molar-refractivity contribution in [2.45, 2.75) is 12.1 Å². The number of aromatic amines is 1. The molecule has 2 aromatic carbocycles. The molecule has 0 saturated carbocycles. The first kappa shape index (κ1) is 28.8. The SMILES string of the molecule is CCOc1ccc(-n2c(SC/C(O)=C(\C#N)c3nc4ccccc4[nH]3)nnc2-c2cccnc2)cc1.CN(C)C=O. The third-order valence-electron chi connectivity index (χ3n) is 5.53. The van der Waals surface area contributed by atoms with Gasteiger partial charge in [0.25, 0.3) is 0 Å². The first-order valence-corrected chi connectivity index (χ1v) is 13.5. The predicted octanol–water partition coefficient (Wildman–Crippen LogP) is 4.89. The molecule has 0 saturated heterocycles. The number of benzene rings is 2. The third kappa shape index (κ3) is 7.09. The second-order valence-electron chi connectivity index (χ2n) is 8.70. The smallest absolute Gasteiger partial charge is 0.209 e. The Bertz CT molecular complexity index is 1640. The fraction of sp³-hybridized carbons (Fsp3) is 0.172. The summed E-state index contributed by atoms with van der Waals surface area (Å²) in [5, 5.41) is 29.9. The van der Waals surface area contributed by atoms with Crippen LogP contribution < -0.4 is 4.74 Å². The van der Waals surface area contributed by atoms with Crippen LogP contribution in [0.2, 0.25) is 0 Å². The summed E-state index contributed by atoms with van der Waals surface area (Å²) in [7, 11) is 3.38. The molecule has 208 valence electrons. The number of pyridine rings is 1. The molecular weight excluding hydrogens is 540 g/mol. The van der Waals surface area contributed by atoms with Crippen LogP contribution in [0, 0.1) is 11.3 Å². The molecule has 3 aromatic heterocycles. The lowest BCUT2D eigenvalue weighted by Gasteiger charge is -2.11. The van der Waals surface area contributed by atoms with Gasteiger partial charge in [0.05, 0.1) is 23.4 Å². The van der Waals surface area contributed by atoms with E-state index in [2.05, 4.69) is 31.2 Å². The molecule has 12 heteroatoms. The van der Waals surface area contributed by atoms with Crippen LogP contribution in [0.15, 0.2) is 84.0 Å². The number of aliphatic hydroxyl groups is 1. The zero-order valence-corrected chi connectivity index (χ0v) is 23.5. The quantitative estimate of drug-likeness (QED) is 0.110. The zero-order chi connectivity index (χ0) is 29.2. The minimum absolute atomic E-state index is 0.0818. The molecular formula is C29H28N8O3S. The van der Waals surface area contributed by atoms with Crippen LogP contribution >= 0.6 is 11.8 Å². The van der Waals surface area contributed by atoms with E-state index in [-0.39, 0.29) is 17.1 Å². The van der Waals surface area contributed by atoms with E-state index in [0.717, 1.165) is 34.4 Å². The van der Waals surface area contributed by atoms with E-state index in [1.165, 1.54) is 16.7 Å². The number of H-pyrrole nitrogens is 1. The summed E-state index contributed by atoms with van der Waals surface area (Å²) in [6, 6.07) is 20.9. The number of aromatic nitrogens is 6. The number of allylic oxidation sites excluding steroid dienone is 1. The molecule has 0 fully saturated rings. The Kier molecular flexibility index (Phi) is 9.69. The summed E-state index contributed by atoms with van der Waals surface area (Å²) in [6.07, 6.45) is 4.16. The predicted molar refractivity (Wildman–Crippen MR) is 157 cm³/mol. The van der Waals surface area contributed by atoms with Crippen LogP contribution in [-0.4, -0.2) is 72.6 Å². The molecule has 3 heterocycles. The number of para-hydroxylation sites is 2. The molecule has 0 spiro atoms. The van der Waals surface area contributed by atoms with Gasteiger partial charge in [-0.25, -0.2) is 4.98 Å². The molecule has 0 unspecified atom stereocenters. The highest BCUT2D eigenvalue weighted by Gasteiger charge is 2.19. The monoisotopic (exact) mass is 568 g/mol. The average Bonchev–Trinajstić information content (AvgIpc) is 3.62. The summed E-state index contributed by atoms with van der Waals surface area (Å²) in [5.41, 5.74) is 3.21. The van der Waals surface area contributed by atoms with Crippen molar-refractivity contribution in [3.05, 3.63) is 84.6 Å². The summed E-state index contributed by atoms with van der Waals surface area (Å²) < 4.78 is 7.46. The van der Waals surface area contributed by atoms with Gasteiger partial charge in [-0.3, -0.25) is 14.3 Å². The first-order chi connectivity index (χ1) is 19.9. The fourth-order valence-electron chi connectivity index (χ4n) is 3.67. The van der Waals surface area contributed by atoms with Crippen molar-refractivity contribution in [1.29, 1.82) is 5.26 Å². The van der Waals surface area contributed by atoms with Crippen LogP contribution in [0.3, 0.4) is 0 Å². The number of aliphatic hydroxyl groups excluding tert-OH is 1. The number of nitrogens with one attached hydrogen (secondary N) is 1. The molecule has 0 aliphatic heterocycles. The Morgan fingerprint density at radius 3 is 2.54 bits per heavy atom. The lowest BCUT2D eigenvalue weighted by Crippen LogP contribution is -2.06. The number of hydrogen-bond donors (Lipinski definition) is 2. The molecule has 0 radical (unpaired) electrons. The topological polar surface area (TPSA) is 146 Å². The van der Waals surface area contributed by atoms with Gasteiger partial charge in [0.15, 0.2) is 16.8 Å². The van der Waals surface area contributed by atoms with Crippen LogP contribution in [0.4, 0.5) is 0 Å². The number of ether oxygens (including phenoxy) is 1. The Balaban J connectivity index is 0.000000714. The number of amides is 1. The molecule has 11 nitrogen and oxygen atoms in total. The number of hydrogen-bond acceptors (Lipinski definition) is 9. The highest BCUT2D eigenvalue weighted by atomic mass is 32.2. The third-order valence-corrected chi connectivity index (χ3v) is 6.47. The van der Waals surface area contributed by atoms with Gasteiger partial charge in [-0.2, -0.15) is 5.26 Å². The molecule has 0 bridgehead atoms. The number of nitriles is 1.